The van der Waals surface area contributed by atoms with E-state index in [2.05, 4.69) is 10.5 Å². The van der Waals surface area contributed by atoms with Crippen LogP contribution in [0.2, 0.25) is 0 Å². The standard InChI is InChI=1S/C15H21N3O4S/c1-22-14-7-3-5-12(9-14)10-16-17-15(19)13-6-4-8-18(11-13)23(2,20)21/h3,5,7,9-10,13H,4,6,8,11H2,1-2H3,(H,17,19). The van der Waals surface area contributed by atoms with E-state index < -0.39 is 10.0 Å². The lowest BCUT2D eigenvalue weighted by Crippen LogP contribution is -2.44. The quantitative estimate of drug-likeness (QED) is 0.635. The molecule has 23 heavy (non-hydrogen) atoms. The number of hydrogen-bond donors (Lipinski definition) is 1. The average Bonchev–Trinajstić information content (AvgIpc) is 2.54. The van der Waals surface area contributed by atoms with Crippen LogP contribution in [-0.2, 0) is 14.8 Å². The summed E-state index contributed by atoms with van der Waals surface area (Å²) in [5.41, 5.74) is 3.28. The zero-order valence-electron chi connectivity index (χ0n) is 13.2. The lowest BCUT2D eigenvalue weighted by atomic mass is 9.99. The van der Waals surface area contributed by atoms with Gasteiger partial charge in [0.2, 0.25) is 15.9 Å². The molecule has 1 saturated heterocycles. The maximum absolute atomic E-state index is 12.1. The highest BCUT2D eigenvalue weighted by molar-refractivity contribution is 7.88. The molecular formula is C15H21N3O4S. The van der Waals surface area contributed by atoms with Gasteiger partial charge in [-0.2, -0.15) is 5.10 Å². The van der Waals surface area contributed by atoms with Crippen molar-refractivity contribution in [3.63, 3.8) is 0 Å². The van der Waals surface area contributed by atoms with Gasteiger partial charge < -0.3 is 4.74 Å². The summed E-state index contributed by atoms with van der Waals surface area (Å²) in [6.45, 7) is 0.676. The third kappa shape index (κ3) is 5.04. The Morgan fingerprint density at radius 2 is 2.26 bits per heavy atom. The smallest absolute Gasteiger partial charge is 0.244 e. The summed E-state index contributed by atoms with van der Waals surface area (Å²) in [4.78, 5) is 12.1. The van der Waals surface area contributed by atoms with Crippen LogP contribution < -0.4 is 10.2 Å². The second-order valence-corrected chi connectivity index (χ2v) is 7.45. The molecule has 0 spiro atoms. The van der Waals surface area contributed by atoms with E-state index in [-0.39, 0.29) is 18.4 Å². The Labute approximate surface area is 136 Å². The topological polar surface area (TPSA) is 88.1 Å². The van der Waals surface area contributed by atoms with Gasteiger partial charge in [-0.15, -0.1) is 0 Å². The van der Waals surface area contributed by atoms with Gasteiger partial charge in [0.15, 0.2) is 0 Å². The van der Waals surface area contributed by atoms with Crippen molar-refractivity contribution < 1.29 is 17.9 Å². The van der Waals surface area contributed by atoms with Crippen molar-refractivity contribution in [2.75, 3.05) is 26.5 Å². The molecule has 0 bridgehead atoms. The second-order valence-electron chi connectivity index (χ2n) is 5.47. The number of hydrazone groups is 1. The van der Waals surface area contributed by atoms with Crippen LogP contribution >= 0.6 is 0 Å². The summed E-state index contributed by atoms with van der Waals surface area (Å²) >= 11 is 0. The number of amides is 1. The first kappa shape index (κ1) is 17.4. The Balaban J connectivity index is 1.92. The van der Waals surface area contributed by atoms with Gasteiger partial charge >= 0.3 is 0 Å². The van der Waals surface area contributed by atoms with Crippen LogP contribution in [-0.4, -0.2) is 51.3 Å². The Morgan fingerprint density at radius 1 is 1.48 bits per heavy atom. The Bertz CT molecular complexity index is 688. The predicted octanol–water partition coefficient (Wildman–Crippen LogP) is 0.817. The fourth-order valence-corrected chi connectivity index (χ4v) is 3.35. The van der Waals surface area contributed by atoms with Crippen LogP contribution in [0.5, 0.6) is 5.75 Å². The molecule has 1 aliphatic heterocycles. The van der Waals surface area contributed by atoms with Crippen molar-refractivity contribution in [2.24, 2.45) is 11.0 Å². The third-order valence-electron chi connectivity index (χ3n) is 3.71. The molecule has 1 N–H and O–H groups in total. The number of hydrogen-bond acceptors (Lipinski definition) is 5. The number of rotatable bonds is 5. The second kappa shape index (κ2) is 7.56. The zero-order valence-corrected chi connectivity index (χ0v) is 14.0. The molecule has 1 aliphatic rings. The van der Waals surface area contributed by atoms with E-state index in [1.54, 1.807) is 13.2 Å². The van der Waals surface area contributed by atoms with Gasteiger partial charge in [0, 0.05) is 13.1 Å². The summed E-state index contributed by atoms with van der Waals surface area (Å²) in [5.74, 6) is 0.0646. The van der Waals surface area contributed by atoms with Crippen molar-refractivity contribution in [1.29, 1.82) is 0 Å². The predicted molar refractivity (Wildman–Crippen MR) is 87.9 cm³/mol. The lowest BCUT2D eigenvalue weighted by molar-refractivity contribution is -0.126. The molecule has 1 amide bonds. The van der Waals surface area contributed by atoms with Gasteiger partial charge in [-0.1, -0.05) is 12.1 Å². The molecule has 1 aromatic carbocycles. The molecule has 1 unspecified atom stereocenters. The summed E-state index contributed by atoms with van der Waals surface area (Å²) in [7, 11) is -1.68. The van der Waals surface area contributed by atoms with Crippen LogP contribution in [0.3, 0.4) is 0 Å². The van der Waals surface area contributed by atoms with Crippen molar-refractivity contribution in [3.05, 3.63) is 29.8 Å². The molecule has 0 radical (unpaired) electrons. The number of benzene rings is 1. The highest BCUT2D eigenvalue weighted by Crippen LogP contribution is 2.18. The largest absolute Gasteiger partial charge is 0.497 e. The average molecular weight is 339 g/mol. The molecule has 0 aromatic heterocycles. The number of nitrogens with one attached hydrogen (secondary N) is 1. The summed E-state index contributed by atoms with van der Waals surface area (Å²) in [6.07, 6.45) is 4.02. The number of carbonyl (C=O) groups is 1. The number of ether oxygens (including phenoxy) is 1. The SMILES string of the molecule is COc1cccc(C=NNC(=O)C2CCCN(S(C)(=O)=O)C2)c1. The monoisotopic (exact) mass is 339 g/mol. The maximum Gasteiger partial charge on any atom is 0.244 e. The fraction of sp³-hybridized carbons (Fsp3) is 0.467. The van der Waals surface area contributed by atoms with Gasteiger partial charge in [-0.3, -0.25) is 4.79 Å². The molecule has 1 heterocycles. The van der Waals surface area contributed by atoms with E-state index in [1.165, 1.54) is 10.5 Å². The van der Waals surface area contributed by atoms with E-state index in [0.717, 1.165) is 11.8 Å². The van der Waals surface area contributed by atoms with E-state index in [0.29, 0.717) is 25.1 Å². The van der Waals surface area contributed by atoms with Crippen molar-refractivity contribution in [2.45, 2.75) is 12.8 Å². The first-order chi connectivity index (χ1) is 10.9. The highest BCUT2D eigenvalue weighted by atomic mass is 32.2. The van der Waals surface area contributed by atoms with Crippen LogP contribution in [0.15, 0.2) is 29.4 Å². The van der Waals surface area contributed by atoms with Crippen molar-refractivity contribution in [3.8, 4) is 5.75 Å². The van der Waals surface area contributed by atoms with Gasteiger partial charge in [0.1, 0.15) is 5.75 Å². The van der Waals surface area contributed by atoms with E-state index >= 15 is 0 Å². The third-order valence-corrected chi connectivity index (χ3v) is 4.98. The first-order valence-electron chi connectivity index (χ1n) is 7.32. The highest BCUT2D eigenvalue weighted by Gasteiger charge is 2.29. The molecule has 7 nitrogen and oxygen atoms in total. The number of sulfonamides is 1. The van der Waals surface area contributed by atoms with Gasteiger partial charge in [-0.25, -0.2) is 18.1 Å². The Morgan fingerprint density at radius 3 is 2.96 bits per heavy atom. The van der Waals surface area contributed by atoms with Crippen molar-refractivity contribution in [1.82, 2.24) is 9.73 Å². The van der Waals surface area contributed by atoms with Crippen LogP contribution in [0.4, 0.5) is 0 Å². The normalized spacial score (nSPS) is 19.7. The summed E-state index contributed by atoms with van der Waals surface area (Å²) < 4.78 is 29.6. The van der Waals surface area contributed by atoms with Crippen LogP contribution in [0.25, 0.3) is 0 Å². The lowest BCUT2D eigenvalue weighted by Gasteiger charge is -2.29. The number of carbonyl (C=O) groups excluding carboxylic acids is 1. The summed E-state index contributed by atoms with van der Waals surface area (Å²) in [6, 6.07) is 7.27. The van der Waals surface area contributed by atoms with Gasteiger partial charge in [-0.05, 0) is 30.5 Å². The molecule has 8 heteroatoms. The minimum atomic E-state index is -3.26. The molecule has 2 rings (SSSR count). The number of methoxy groups -OCH3 is 1. The maximum atomic E-state index is 12.1. The molecule has 0 aliphatic carbocycles. The van der Waals surface area contributed by atoms with Crippen LogP contribution in [0.1, 0.15) is 18.4 Å². The Kier molecular flexibility index (Phi) is 5.73. The van der Waals surface area contributed by atoms with E-state index in [4.69, 9.17) is 4.74 Å². The molecule has 1 atom stereocenters. The van der Waals surface area contributed by atoms with Crippen molar-refractivity contribution >= 4 is 22.1 Å². The summed E-state index contributed by atoms with van der Waals surface area (Å²) in [5, 5.41) is 3.93. The van der Waals surface area contributed by atoms with Crippen LogP contribution in [0, 0.1) is 5.92 Å². The van der Waals surface area contributed by atoms with Gasteiger partial charge in [0.25, 0.3) is 0 Å². The first-order valence-corrected chi connectivity index (χ1v) is 9.17. The number of nitrogens with zero attached hydrogens (tertiary/aromatic N) is 2. The Hall–Kier alpha value is -1.93. The minimum absolute atomic E-state index is 0.208. The zero-order chi connectivity index (χ0) is 16.9. The molecule has 1 aromatic rings. The minimum Gasteiger partial charge on any atom is -0.497 e. The molecule has 0 saturated carbocycles. The van der Waals surface area contributed by atoms with E-state index in [1.807, 2.05) is 18.2 Å². The van der Waals surface area contributed by atoms with Gasteiger partial charge in [0.05, 0.1) is 25.5 Å². The molecular weight excluding hydrogens is 318 g/mol. The van der Waals surface area contributed by atoms with E-state index in [9.17, 15) is 13.2 Å². The number of piperidine rings is 1. The molecule has 126 valence electrons. The fourth-order valence-electron chi connectivity index (χ4n) is 2.44. The molecule has 1 fully saturated rings.